The summed E-state index contributed by atoms with van der Waals surface area (Å²) in [6, 6.07) is 13.9. The van der Waals surface area contributed by atoms with Gasteiger partial charge in [0, 0.05) is 28.7 Å². The molecule has 8 heteroatoms. The van der Waals surface area contributed by atoms with Gasteiger partial charge in [0.1, 0.15) is 23.1 Å². The Morgan fingerprint density at radius 1 is 1.11 bits per heavy atom. The topological polar surface area (TPSA) is 80.3 Å². The van der Waals surface area contributed by atoms with Gasteiger partial charge < -0.3 is 15.4 Å². The predicted molar refractivity (Wildman–Crippen MR) is 107 cm³/mol. The molecule has 1 aromatic heterocycles. The zero-order valence-corrected chi connectivity index (χ0v) is 15.9. The van der Waals surface area contributed by atoms with Crippen LogP contribution >= 0.6 is 22.9 Å². The molecule has 0 radical (unpaired) electrons. The average Bonchev–Trinajstić information content (AvgIpc) is 3.10. The fourth-order valence-corrected chi connectivity index (χ4v) is 3.04. The fraction of sp³-hybridized carbons (Fsp3) is 0.105. The number of thiazole rings is 1. The second-order valence-corrected chi connectivity index (χ2v) is 6.96. The summed E-state index contributed by atoms with van der Waals surface area (Å²) in [6.07, 6.45) is 0. The second-order valence-electron chi connectivity index (χ2n) is 5.59. The lowest BCUT2D eigenvalue weighted by Crippen LogP contribution is -2.13. The van der Waals surface area contributed by atoms with E-state index in [-0.39, 0.29) is 18.4 Å². The van der Waals surface area contributed by atoms with Crippen molar-refractivity contribution in [3.8, 4) is 5.75 Å². The first-order valence-electron chi connectivity index (χ1n) is 8.01. The van der Waals surface area contributed by atoms with Crippen molar-refractivity contribution < 1.29 is 14.3 Å². The van der Waals surface area contributed by atoms with Gasteiger partial charge >= 0.3 is 0 Å². The maximum atomic E-state index is 12.4. The molecule has 6 nitrogen and oxygen atoms in total. The van der Waals surface area contributed by atoms with Crippen molar-refractivity contribution in [3.05, 3.63) is 69.6 Å². The van der Waals surface area contributed by atoms with Crippen molar-refractivity contribution in [2.45, 2.75) is 13.5 Å². The molecule has 0 aliphatic rings. The number of carbonyl (C=O) groups is 2. The van der Waals surface area contributed by atoms with Gasteiger partial charge in [-0.15, -0.1) is 11.3 Å². The largest absolute Gasteiger partial charge is 0.486 e. The monoisotopic (exact) mass is 401 g/mol. The van der Waals surface area contributed by atoms with E-state index in [1.54, 1.807) is 53.9 Å². The van der Waals surface area contributed by atoms with Crippen molar-refractivity contribution >= 4 is 46.1 Å². The zero-order chi connectivity index (χ0) is 19.2. The van der Waals surface area contributed by atoms with E-state index in [1.807, 2.05) is 0 Å². The first kappa shape index (κ1) is 18.9. The summed E-state index contributed by atoms with van der Waals surface area (Å²) >= 11 is 7.18. The van der Waals surface area contributed by atoms with E-state index >= 15 is 0 Å². The van der Waals surface area contributed by atoms with Gasteiger partial charge in [0.2, 0.25) is 5.91 Å². The number of ether oxygens (including phenoxy) is 1. The van der Waals surface area contributed by atoms with Crippen LogP contribution in [0.25, 0.3) is 0 Å². The Balaban J connectivity index is 1.59. The van der Waals surface area contributed by atoms with Gasteiger partial charge in [-0.2, -0.15) is 0 Å². The van der Waals surface area contributed by atoms with Gasteiger partial charge in [0.05, 0.1) is 0 Å². The van der Waals surface area contributed by atoms with E-state index in [0.29, 0.717) is 32.8 Å². The molecule has 0 aliphatic heterocycles. The summed E-state index contributed by atoms with van der Waals surface area (Å²) in [4.78, 5) is 27.8. The maximum absolute atomic E-state index is 12.4. The van der Waals surface area contributed by atoms with Crippen LogP contribution in [0.5, 0.6) is 5.75 Å². The average molecular weight is 402 g/mol. The van der Waals surface area contributed by atoms with Crippen LogP contribution in [0, 0.1) is 0 Å². The highest BCUT2D eigenvalue weighted by Gasteiger charge is 2.12. The number of halogens is 1. The normalized spacial score (nSPS) is 10.3. The van der Waals surface area contributed by atoms with E-state index in [9.17, 15) is 9.59 Å². The van der Waals surface area contributed by atoms with Gasteiger partial charge in [0.15, 0.2) is 0 Å². The number of rotatable bonds is 6. The van der Waals surface area contributed by atoms with Crippen LogP contribution in [0.3, 0.4) is 0 Å². The number of nitrogens with one attached hydrogen (secondary N) is 2. The van der Waals surface area contributed by atoms with Crippen LogP contribution in [-0.4, -0.2) is 16.8 Å². The molecular formula is C19H16ClN3O3S. The second kappa shape index (κ2) is 8.66. The SMILES string of the molecule is CC(=O)Nc1cccc(NC(=O)c2csc(COc3ccc(Cl)cc3)n2)c1. The lowest BCUT2D eigenvalue weighted by atomic mass is 10.2. The number of aromatic nitrogens is 1. The lowest BCUT2D eigenvalue weighted by molar-refractivity contribution is -0.114. The standard InChI is InChI=1S/C19H16ClN3O3S/c1-12(24)21-14-3-2-4-15(9-14)22-19(25)17-11-27-18(23-17)10-26-16-7-5-13(20)6-8-16/h2-9,11H,10H2,1H3,(H,21,24)(H,22,25). The van der Waals surface area contributed by atoms with E-state index in [4.69, 9.17) is 16.3 Å². The van der Waals surface area contributed by atoms with E-state index < -0.39 is 0 Å². The number of hydrogen-bond acceptors (Lipinski definition) is 5. The van der Waals surface area contributed by atoms with Crippen LogP contribution in [0.15, 0.2) is 53.9 Å². The summed E-state index contributed by atoms with van der Waals surface area (Å²) in [5.74, 6) is 0.169. The van der Waals surface area contributed by atoms with Gasteiger partial charge in [-0.3, -0.25) is 9.59 Å². The summed E-state index contributed by atoms with van der Waals surface area (Å²) in [7, 11) is 0. The minimum atomic E-state index is -0.330. The van der Waals surface area contributed by atoms with E-state index in [0.717, 1.165) is 0 Å². The van der Waals surface area contributed by atoms with Crippen LogP contribution < -0.4 is 15.4 Å². The molecule has 138 valence electrons. The molecule has 0 aliphatic carbocycles. The highest BCUT2D eigenvalue weighted by molar-refractivity contribution is 7.09. The summed E-state index contributed by atoms with van der Waals surface area (Å²) in [5, 5.41) is 8.43. The molecule has 0 saturated carbocycles. The van der Waals surface area contributed by atoms with Crippen molar-refractivity contribution in [1.29, 1.82) is 0 Å². The quantitative estimate of drug-likeness (QED) is 0.633. The number of amides is 2. The maximum Gasteiger partial charge on any atom is 0.275 e. The van der Waals surface area contributed by atoms with Crippen molar-refractivity contribution in [2.24, 2.45) is 0 Å². The highest BCUT2D eigenvalue weighted by atomic mass is 35.5. The molecule has 0 spiro atoms. The van der Waals surface area contributed by atoms with Crippen molar-refractivity contribution in [2.75, 3.05) is 10.6 Å². The Hall–Kier alpha value is -2.90. The lowest BCUT2D eigenvalue weighted by Gasteiger charge is -2.06. The van der Waals surface area contributed by atoms with E-state index in [2.05, 4.69) is 15.6 Å². The molecule has 0 unspecified atom stereocenters. The number of hydrogen-bond donors (Lipinski definition) is 2. The fourth-order valence-electron chi connectivity index (χ4n) is 2.23. The van der Waals surface area contributed by atoms with Crippen molar-refractivity contribution in [3.63, 3.8) is 0 Å². The van der Waals surface area contributed by atoms with Crippen LogP contribution in [0.2, 0.25) is 5.02 Å². The minimum Gasteiger partial charge on any atom is -0.486 e. The minimum absolute atomic E-state index is 0.177. The number of benzene rings is 2. The first-order chi connectivity index (χ1) is 13.0. The predicted octanol–water partition coefficient (Wildman–Crippen LogP) is 4.59. The number of carbonyl (C=O) groups excluding carboxylic acids is 2. The van der Waals surface area contributed by atoms with Crippen LogP contribution in [-0.2, 0) is 11.4 Å². The summed E-state index contributed by atoms with van der Waals surface area (Å²) in [6.45, 7) is 1.69. The Bertz CT molecular complexity index is 957. The molecule has 2 aromatic carbocycles. The van der Waals surface area contributed by atoms with E-state index in [1.165, 1.54) is 18.3 Å². The molecule has 0 bridgehead atoms. The molecule has 2 amide bonds. The molecule has 0 atom stereocenters. The Morgan fingerprint density at radius 3 is 2.52 bits per heavy atom. The van der Waals surface area contributed by atoms with Gasteiger partial charge in [-0.25, -0.2) is 4.98 Å². The Labute approximate surface area is 165 Å². The molecule has 1 heterocycles. The zero-order valence-electron chi connectivity index (χ0n) is 14.4. The highest BCUT2D eigenvalue weighted by Crippen LogP contribution is 2.19. The Kier molecular flexibility index (Phi) is 6.05. The summed E-state index contributed by atoms with van der Waals surface area (Å²) in [5.41, 5.74) is 1.48. The third-order valence-electron chi connectivity index (χ3n) is 3.40. The number of nitrogens with zero attached hydrogens (tertiary/aromatic N) is 1. The summed E-state index contributed by atoms with van der Waals surface area (Å²) < 4.78 is 5.63. The van der Waals surface area contributed by atoms with Gasteiger partial charge in [-0.05, 0) is 42.5 Å². The molecule has 2 N–H and O–H groups in total. The van der Waals surface area contributed by atoms with Crippen molar-refractivity contribution in [1.82, 2.24) is 4.98 Å². The van der Waals surface area contributed by atoms with Crippen LogP contribution in [0.4, 0.5) is 11.4 Å². The molecular weight excluding hydrogens is 386 g/mol. The Morgan fingerprint density at radius 2 is 1.81 bits per heavy atom. The molecule has 0 saturated heterocycles. The number of anilines is 2. The molecule has 3 rings (SSSR count). The third kappa shape index (κ3) is 5.54. The molecule has 3 aromatic rings. The third-order valence-corrected chi connectivity index (χ3v) is 4.48. The first-order valence-corrected chi connectivity index (χ1v) is 9.27. The van der Waals surface area contributed by atoms with Gasteiger partial charge in [0.25, 0.3) is 5.91 Å². The smallest absolute Gasteiger partial charge is 0.275 e. The van der Waals surface area contributed by atoms with Crippen LogP contribution in [0.1, 0.15) is 22.4 Å². The molecule has 0 fully saturated rings. The van der Waals surface area contributed by atoms with Gasteiger partial charge in [-0.1, -0.05) is 17.7 Å². The molecule has 27 heavy (non-hydrogen) atoms.